The molecule has 0 aromatic carbocycles. The van der Waals surface area contributed by atoms with Crippen LogP contribution in [0, 0.1) is 6.92 Å². The Hall–Kier alpha value is -1.32. The minimum absolute atomic E-state index is 0.611. The fourth-order valence-corrected chi connectivity index (χ4v) is 2.02. The van der Waals surface area contributed by atoms with Crippen LogP contribution in [-0.4, -0.2) is 16.5 Å². The number of hydrogen-bond acceptors (Lipinski definition) is 4. The molecular weight excluding hydrogens is 236 g/mol. The zero-order valence-corrected chi connectivity index (χ0v) is 12.6. The number of rotatable bonds is 9. The average molecular weight is 264 g/mol. The lowest BCUT2D eigenvalue weighted by molar-refractivity contribution is 0.702. The maximum atomic E-state index is 5.96. The number of nitrogens with two attached hydrogens (primary N) is 1. The molecule has 0 aliphatic rings. The van der Waals surface area contributed by atoms with Crippen molar-refractivity contribution in [3.63, 3.8) is 0 Å². The first kappa shape index (κ1) is 15.7. The van der Waals surface area contributed by atoms with Gasteiger partial charge in [0.15, 0.2) is 0 Å². The first-order valence-electron chi connectivity index (χ1n) is 7.55. The van der Waals surface area contributed by atoms with E-state index in [-0.39, 0.29) is 0 Å². The first-order valence-corrected chi connectivity index (χ1v) is 7.55. The Bertz CT molecular complexity index is 377. The van der Waals surface area contributed by atoms with Crippen molar-refractivity contribution in [2.75, 3.05) is 17.6 Å². The molecule has 0 bridgehead atoms. The Labute approximate surface area is 117 Å². The lowest BCUT2D eigenvalue weighted by Crippen LogP contribution is -2.10. The lowest BCUT2D eigenvalue weighted by Gasteiger charge is -2.11. The monoisotopic (exact) mass is 264 g/mol. The van der Waals surface area contributed by atoms with Crippen LogP contribution in [0.5, 0.6) is 0 Å². The lowest BCUT2D eigenvalue weighted by atomic mass is 10.1. The Kier molecular flexibility index (Phi) is 7.23. The van der Waals surface area contributed by atoms with E-state index in [0.717, 1.165) is 30.6 Å². The second-order valence-corrected chi connectivity index (χ2v) is 5.10. The fourth-order valence-electron chi connectivity index (χ4n) is 2.02. The van der Waals surface area contributed by atoms with Gasteiger partial charge in [0.1, 0.15) is 5.82 Å². The van der Waals surface area contributed by atoms with Crippen molar-refractivity contribution in [2.24, 2.45) is 0 Å². The summed E-state index contributed by atoms with van der Waals surface area (Å²) in [5, 5.41) is 3.28. The molecule has 0 aliphatic carbocycles. The smallest absolute Gasteiger partial charge is 0.224 e. The molecule has 0 amide bonds. The molecule has 108 valence electrons. The molecule has 0 fully saturated rings. The molecule has 0 saturated heterocycles. The third kappa shape index (κ3) is 5.45. The molecule has 19 heavy (non-hydrogen) atoms. The predicted molar refractivity (Wildman–Crippen MR) is 82.4 cm³/mol. The molecule has 4 heteroatoms. The SMILES string of the molecule is CCCCCNc1nc(N)c(C)c(CCCCC)n1. The maximum Gasteiger partial charge on any atom is 0.224 e. The van der Waals surface area contributed by atoms with Crippen LogP contribution in [-0.2, 0) is 6.42 Å². The van der Waals surface area contributed by atoms with E-state index in [9.17, 15) is 0 Å². The van der Waals surface area contributed by atoms with E-state index in [4.69, 9.17) is 5.73 Å². The molecule has 1 heterocycles. The van der Waals surface area contributed by atoms with Crippen molar-refractivity contribution in [3.8, 4) is 0 Å². The third-order valence-electron chi connectivity index (χ3n) is 3.36. The number of unbranched alkanes of at least 4 members (excludes halogenated alkanes) is 4. The average Bonchev–Trinajstić information content (AvgIpc) is 2.40. The van der Waals surface area contributed by atoms with Crippen molar-refractivity contribution in [2.45, 2.75) is 65.7 Å². The van der Waals surface area contributed by atoms with Gasteiger partial charge in [0, 0.05) is 12.1 Å². The van der Waals surface area contributed by atoms with Gasteiger partial charge in [-0.1, -0.05) is 39.5 Å². The summed E-state index contributed by atoms with van der Waals surface area (Å²) in [7, 11) is 0. The van der Waals surface area contributed by atoms with Crippen LogP contribution >= 0.6 is 0 Å². The molecule has 1 aromatic heterocycles. The second kappa shape index (κ2) is 8.73. The van der Waals surface area contributed by atoms with Gasteiger partial charge in [-0.3, -0.25) is 0 Å². The molecule has 0 atom stereocenters. The van der Waals surface area contributed by atoms with E-state index in [0.29, 0.717) is 11.8 Å². The fraction of sp³-hybridized carbons (Fsp3) is 0.733. The molecule has 0 unspecified atom stereocenters. The molecule has 0 saturated carbocycles. The Morgan fingerprint density at radius 3 is 2.37 bits per heavy atom. The molecule has 0 spiro atoms. The second-order valence-electron chi connectivity index (χ2n) is 5.10. The number of aryl methyl sites for hydroxylation is 1. The van der Waals surface area contributed by atoms with Crippen LogP contribution < -0.4 is 11.1 Å². The molecule has 1 rings (SSSR count). The highest BCUT2D eigenvalue weighted by Gasteiger charge is 2.08. The number of nitrogens with zero attached hydrogens (tertiary/aromatic N) is 2. The van der Waals surface area contributed by atoms with Gasteiger partial charge < -0.3 is 11.1 Å². The van der Waals surface area contributed by atoms with Gasteiger partial charge in [0.25, 0.3) is 0 Å². The van der Waals surface area contributed by atoms with E-state index in [1.807, 2.05) is 6.92 Å². The minimum atomic E-state index is 0.611. The van der Waals surface area contributed by atoms with Crippen molar-refractivity contribution >= 4 is 11.8 Å². The summed E-state index contributed by atoms with van der Waals surface area (Å²) in [5.74, 6) is 1.30. The van der Waals surface area contributed by atoms with E-state index in [1.165, 1.54) is 32.1 Å². The van der Waals surface area contributed by atoms with Crippen LogP contribution in [0.15, 0.2) is 0 Å². The number of anilines is 2. The number of nitrogen functional groups attached to an aromatic ring is 1. The van der Waals surface area contributed by atoms with E-state index >= 15 is 0 Å². The summed E-state index contributed by atoms with van der Waals surface area (Å²) in [5.41, 5.74) is 8.10. The summed E-state index contributed by atoms with van der Waals surface area (Å²) >= 11 is 0. The number of hydrogen-bond donors (Lipinski definition) is 2. The van der Waals surface area contributed by atoms with Gasteiger partial charge in [0.05, 0.1) is 5.69 Å². The number of aromatic nitrogens is 2. The Balaban J connectivity index is 2.61. The molecule has 3 N–H and O–H groups in total. The summed E-state index contributed by atoms with van der Waals surface area (Å²) in [6, 6.07) is 0. The predicted octanol–water partition coefficient (Wildman–Crippen LogP) is 3.70. The molecule has 0 aliphatic heterocycles. The van der Waals surface area contributed by atoms with Crippen LogP contribution in [0.1, 0.15) is 63.6 Å². The third-order valence-corrected chi connectivity index (χ3v) is 3.36. The highest BCUT2D eigenvalue weighted by molar-refractivity contribution is 5.46. The van der Waals surface area contributed by atoms with Crippen molar-refractivity contribution in [1.82, 2.24) is 9.97 Å². The minimum Gasteiger partial charge on any atom is -0.383 e. The van der Waals surface area contributed by atoms with Gasteiger partial charge in [0.2, 0.25) is 5.95 Å². The van der Waals surface area contributed by atoms with Crippen molar-refractivity contribution < 1.29 is 0 Å². The highest BCUT2D eigenvalue weighted by Crippen LogP contribution is 2.17. The normalized spacial score (nSPS) is 10.7. The van der Waals surface area contributed by atoms with E-state index in [1.54, 1.807) is 0 Å². The van der Waals surface area contributed by atoms with Crippen LogP contribution in [0.3, 0.4) is 0 Å². The van der Waals surface area contributed by atoms with Crippen LogP contribution in [0.25, 0.3) is 0 Å². The largest absolute Gasteiger partial charge is 0.383 e. The van der Waals surface area contributed by atoms with Crippen molar-refractivity contribution in [3.05, 3.63) is 11.3 Å². The van der Waals surface area contributed by atoms with Gasteiger partial charge in [-0.15, -0.1) is 0 Å². The van der Waals surface area contributed by atoms with Gasteiger partial charge >= 0.3 is 0 Å². The summed E-state index contributed by atoms with van der Waals surface area (Å²) in [4.78, 5) is 8.92. The highest BCUT2D eigenvalue weighted by atomic mass is 15.1. The van der Waals surface area contributed by atoms with Gasteiger partial charge in [-0.25, -0.2) is 4.98 Å². The Morgan fingerprint density at radius 2 is 1.68 bits per heavy atom. The number of nitrogens with one attached hydrogen (secondary N) is 1. The quantitative estimate of drug-likeness (QED) is 0.667. The Morgan fingerprint density at radius 1 is 1.00 bits per heavy atom. The van der Waals surface area contributed by atoms with E-state index < -0.39 is 0 Å². The molecule has 0 radical (unpaired) electrons. The van der Waals surface area contributed by atoms with Crippen LogP contribution in [0.4, 0.5) is 11.8 Å². The summed E-state index contributed by atoms with van der Waals surface area (Å²) in [6.07, 6.45) is 8.24. The molecule has 4 nitrogen and oxygen atoms in total. The topological polar surface area (TPSA) is 63.8 Å². The van der Waals surface area contributed by atoms with Gasteiger partial charge in [-0.2, -0.15) is 4.98 Å². The van der Waals surface area contributed by atoms with Crippen LogP contribution in [0.2, 0.25) is 0 Å². The van der Waals surface area contributed by atoms with E-state index in [2.05, 4.69) is 29.1 Å². The maximum absolute atomic E-state index is 5.96. The van der Waals surface area contributed by atoms with Gasteiger partial charge in [-0.05, 0) is 26.2 Å². The summed E-state index contributed by atoms with van der Waals surface area (Å²) in [6.45, 7) is 7.34. The first-order chi connectivity index (χ1) is 9.19. The summed E-state index contributed by atoms with van der Waals surface area (Å²) < 4.78 is 0. The standard InChI is InChI=1S/C15H28N4/c1-4-6-8-10-13-12(3)14(16)19-15(18-13)17-11-9-7-5-2/h4-11H2,1-3H3,(H3,16,17,18,19). The zero-order chi connectivity index (χ0) is 14.1. The molecular formula is C15H28N4. The zero-order valence-electron chi connectivity index (χ0n) is 12.6. The molecule has 1 aromatic rings. The van der Waals surface area contributed by atoms with Crippen molar-refractivity contribution in [1.29, 1.82) is 0 Å².